The molecule has 9 heavy (non-hydrogen) atoms. The van der Waals surface area contributed by atoms with Gasteiger partial charge in [0.05, 0.1) is 0 Å². The number of carboxylic acids is 1. The molecule has 0 aromatic heterocycles. The summed E-state index contributed by atoms with van der Waals surface area (Å²) in [6, 6.07) is -0.806. The minimum Gasteiger partial charge on any atom is -0.480 e. The van der Waals surface area contributed by atoms with Crippen LogP contribution in [0.5, 0.6) is 0 Å². The van der Waals surface area contributed by atoms with Crippen LogP contribution in [-0.4, -0.2) is 33.2 Å². The monoisotopic (exact) mass is 133 g/mol. The first-order valence-corrected chi connectivity index (χ1v) is 2.46. The average molecular weight is 133 g/mol. The first kappa shape index (κ1) is 6.47. The molecule has 0 aliphatic carbocycles. The van der Waals surface area contributed by atoms with Crippen LogP contribution in [0.25, 0.3) is 0 Å². The number of nitrogens with one attached hydrogen (secondary N) is 1. The van der Waals surface area contributed by atoms with Crippen molar-refractivity contribution in [3.63, 3.8) is 0 Å². The summed E-state index contributed by atoms with van der Waals surface area (Å²) in [5, 5.41) is 27.2. The van der Waals surface area contributed by atoms with Crippen molar-refractivity contribution in [2.45, 2.75) is 18.4 Å². The van der Waals surface area contributed by atoms with E-state index in [-0.39, 0.29) is 6.42 Å². The number of carbonyl (C=O) groups is 1. The van der Waals surface area contributed by atoms with Crippen molar-refractivity contribution in [1.82, 2.24) is 5.32 Å². The zero-order valence-corrected chi connectivity index (χ0v) is 4.53. The zero-order valence-electron chi connectivity index (χ0n) is 4.53. The van der Waals surface area contributed by atoms with Crippen LogP contribution in [0.1, 0.15) is 6.42 Å². The third-order valence-electron chi connectivity index (χ3n) is 1.19. The standard InChI is InChI=1S/C4H7NO4/c6-3(7)2-1-4(8,9)5-2/h2,5,8-9H,1H2,(H,6,7)/t2-/m0/s1. The van der Waals surface area contributed by atoms with Crippen LogP contribution in [0.3, 0.4) is 0 Å². The molecule has 1 atom stereocenters. The Morgan fingerprint density at radius 3 is 2.22 bits per heavy atom. The van der Waals surface area contributed by atoms with Gasteiger partial charge in [-0.1, -0.05) is 0 Å². The molecule has 4 N–H and O–H groups in total. The summed E-state index contributed by atoms with van der Waals surface area (Å²) < 4.78 is 0. The van der Waals surface area contributed by atoms with Gasteiger partial charge in [-0.05, 0) is 0 Å². The molecule has 1 aliphatic rings. The molecule has 0 amide bonds. The summed E-state index contributed by atoms with van der Waals surface area (Å²) >= 11 is 0. The minimum absolute atomic E-state index is 0.150. The molecule has 0 saturated carbocycles. The van der Waals surface area contributed by atoms with E-state index in [1.807, 2.05) is 5.32 Å². The third kappa shape index (κ3) is 1.18. The molecule has 52 valence electrons. The highest BCUT2D eigenvalue weighted by Crippen LogP contribution is 2.17. The van der Waals surface area contributed by atoms with Crippen LogP contribution in [0.2, 0.25) is 0 Å². The van der Waals surface area contributed by atoms with Crippen LogP contribution in [0.4, 0.5) is 0 Å². The highest BCUT2D eigenvalue weighted by Gasteiger charge is 2.44. The second kappa shape index (κ2) is 1.66. The number of rotatable bonds is 1. The van der Waals surface area contributed by atoms with Crippen molar-refractivity contribution in [2.75, 3.05) is 0 Å². The Morgan fingerprint density at radius 1 is 1.67 bits per heavy atom. The van der Waals surface area contributed by atoms with E-state index >= 15 is 0 Å². The van der Waals surface area contributed by atoms with Gasteiger partial charge < -0.3 is 15.3 Å². The van der Waals surface area contributed by atoms with Crippen LogP contribution < -0.4 is 5.32 Å². The minimum atomic E-state index is -1.96. The predicted octanol–water partition coefficient (Wildman–Crippen LogP) is -1.93. The molecule has 0 aromatic rings. The lowest BCUT2D eigenvalue weighted by Gasteiger charge is -2.37. The highest BCUT2D eigenvalue weighted by molar-refractivity contribution is 5.74. The first-order chi connectivity index (χ1) is 4.01. The maximum absolute atomic E-state index is 9.98. The highest BCUT2D eigenvalue weighted by atomic mass is 16.5. The van der Waals surface area contributed by atoms with Gasteiger partial charge in [0, 0.05) is 6.42 Å². The van der Waals surface area contributed by atoms with Crippen LogP contribution in [0.15, 0.2) is 0 Å². The molecule has 1 heterocycles. The molecule has 1 rings (SSSR count). The van der Waals surface area contributed by atoms with E-state index < -0.39 is 17.9 Å². The molecular weight excluding hydrogens is 126 g/mol. The molecule has 0 aromatic carbocycles. The maximum atomic E-state index is 9.98. The lowest BCUT2D eigenvalue weighted by molar-refractivity contribution is -0.248. The Balaban J connectivity index is 2.35. The van der Waals surface area contributed by atoms with Gasteiger partial charge >= 0.3 is 5.97 Å². The van der Waals surface area contributed by atoms with E-state index in [1.165, 1.54) is 0 Å². The summed E-state index contributed by atoms with van der Waals surface area (Å²) in [5.74, 6) is -3.02. The summed E-state index contributed by atoms with van der Waals surface area (Å²) in [5.41, 5.74) is 0. The molecule has 1 saturated heterocycles. The van der Waals surface area contributed by atoms with Gasteiger partial charge in [-0.25, -0.2) is 0 Å². The van der Waals surface area contributed by atoms with Gasteiger partial charge in [-0.2, -0.15) is 0 Å². The van der Waals surface area contributed by atoms with Crippen molar-refractivity contribution in [2.24, 2.45) is 0 Å². The second-order valence-electron chi connectivity index (χ2n) is 2.06. The molecular formula is C4H7NO4. The van der Waals surface area contributed by atoms with Gasteiger partial charge in [0.15, 0.2) is 0 Å². The van der Waals surface area contributed by atoms with E-state index in [2.05, 4.69) is 0 Å². The third-order valence-corrected chi connectivity index (χ3v) is 1.19. The average Bonchev–Trinajstić information content (AvgIpc) is 1.59. The van der Waals surface area contributed by atoms with Gasteiger partial charge in [0.2, 0.25) is 5.91 Å². The summed E-state index contributed by atoms with van der Waals surface area (Å²) in [6.45, 7) is 0. The van der Waals surface area contributed by atoms with E-state index in [4.69, 9.17) is 15.3 Å². The lowest BCUT2D eigenvalue weighted by Crippen LogP contribution is -2.66. The van der Waals surface area contributed by atoms with Crippen molar-refractivity contribution >= 4 is 5.97 Å². The number of hydrogen-bond acceptors (Lipinski definition) is 4. The second-order valence-corrected chi connectivity index (χ2v) is 2.06. The summed E-state index contributed by atoms with van der Waals surface area (Å²) in [7, 11) is 0. The maximum Gasteiger partial charge on any atom is 0.321 e. The fourth-order valence-corrected chi connectivity index (χ4v) is 0.692. The van der Waals surface area contributed by atoms with E-state index in [9.17, 15) is 4.79 Å². The largest absolute Gasteiger partial charge is 0.480 e. The normalized spacial score (nSPS) is 31.1. The van der Waals surface area contributed by atoms with Crippen LogP contribution >= 0.6 is 0 Å². The Labute approximate surface area is 50.9 Å². The fraction of sp³-hybridized carbons (Fsp3) is 0.750. The summed E-state index contributed by atoms with van der Waals surface area (Å²) in [4.78, 5) is 9.98. The SMILES string of the molecule is O=C(O)[C@@H]1CC(O)(O)N1. The topological polar surface area (TPSA) is 89.8 Å². The van der Waals surface area contributed by atoms with Crippen molar-refractivity contribution in [3.8, 4) is 0 Å². The van der Waals surface area contributed by atoms with E-state index in [0.717, 1.165) is 0 Å². The molecule has 5 heteroatoms. The van der Waals surface area contributed by atoms with Gasteiger partial charge in [-0.15, -0.1) is 0 Å². The number of aliphatic hydroxyl groups is 2. The summed E-state index contributed by atoms with van der Waals surface area (Å²) in [6.07, 6.45) is -0.150. The molecule has 0 unspecified atom stereocenters. The Hall–Kier alpha value is -0.650. The van der Waals surface area contributed by atoms with Crippen molar-refractivity contribution in [1.29, 1.82) is 0 Å². The lowest BCUT2D eigenvalue weighted by atomic mass is 10.0. The van der Waals surface area contributed by atoms with Gasteiger partial charge in [-0.3, -0.25) is 10.1 Å². The molecule has 0 bridgehead atoms. The zero-order chi connectivity index (χ0) is 7.07. The Bertz CT molecular complexity index is 136. The Kier molecular flexibility index (Phi) is 1.20. The van der Waals surface area contributed by atoms with E-state index in [0.29, 0.717) is 0 Å². The van der Waals surface area contributed by atoms with Gasteiger partial charge in [0.25, 0.3) is 0 Å². The number of hydrogen-bond donors (Lipinski definition) is 4. The van der Waals surface area contributed by atoms with Crippen molar-refractivity contribution in [3.05, 3.63) is 0 Å². The quantitative estimate of drug-likeness (QED) is 0.313. The molecule has 0 spiro atoms. The number of aliphatic carboxylic acids is 1. The molecule has 5 nitrogen and oxygen atoms in total. The predicted molar refractivity (Wildman–Crippen MR) is 26.3 cm³/mol. The van der Waals surface area contributed by atoms with Crippen LogP contribution in [0, 0.1) is 0 Å². The number of carboxylic acid groups (broad SMARTS) is 1. The van der Waals surface area contributed by atoms with Crippen molar-refractivity contribution < 1.29 is 20.1 Å². The molecule has 1 aliphatic heterocycles. The molecule has 0 radical (unpaired) electrons. The fourth-order valence-electron chi connectivity index (χ4n) is 0.692. The van der Waals surface area contributed by atoms with Gasteiger partial charge in [0.1, 0.15) is 6.04 Å². The van der Waals surface area contributed by atoms with E-state index in [1.54, 1.807) is 0 Å². The Morgan fingerprint density at radius 2 is 2.11 bits per heavy atom. The first-order valence-electron chi connectivity index (χ1n) is 2.46. The molecule has 1 fully saturated rings. The smallest absolute Gasteiger partial charge is 0.321 e. The van der Waals surface area contributed by atoms with Crippen LogP contribution in [-0.2, 0) is 4.79 Å².